The Morgan fingerprint density at radius 3 is 2.92 bits per heavy atom. The third-order valence-electron chi connectivity index (χ3n) is 1.96. The average molecular weight is 195 g/mol. The summed E-state index contributed by atoms with van der Waals surface area (Å²) < 4.78 is 0. The van der Waals surface area contributed by atoms with E-state index in [0.29, 0.717) is 5.84 Å². The molecule has 1 aliphatic heterocycles. The summed E-state index contributed by atoms with van der Waals surface area (Å²) in [5, 5.41) is 4.66. The van der Waals surface area contributed by atoms with E-state index >= 15 is 0 Å². The number of carbonyl (C=O) groups is 1. The van der Waals surface area contributed by atoms with Gasteiger partial charge in [0.1, 0.15) is 11.9 Å². The van der Waals surface area contributed by atoms with Crippen LogP contribution in [-0.4, -0.2) is 11.9 Å². The van der Waals surface area contributed by atoms with E-state index < -0.39 is 0 Å². The van der Waals surface area contributed by atoms with E-state index in [-0.39, 0.29) is 12.1 Å². The van der Waals surface area contributed by atoms with Crippen LogP contribution in [0.1, 0.15) is 16.5 Å². The summed E-state index contributed by atoms with van der Waals surface area (Å²) in [6.45, 7) is 1.99. The Bertz CT molecular complexity index is 382. The quantitative estimate of drug-likeness (QED) is 0.706. The Morgan fingerprint density at radius 2 is 2.46 bits per heavy atom. The number of aryl methyl sites for hydroxylation is 1. The van der Waals surface area contributed by atoms with E-state index in [2.05, 4.69) is 10.3 Å². The van der Waals surface area contributed by atoms with Gasteiger partial charge in [0.2, 0.25) is 0 Å². The highest BCUT2D eigenvalue weighted by atomic mass is 32.1. The zero-order valence-electron chi connectivity index (χ0n) is 7.07. The largest absolute Gasteiger partial charge is 0.385 e. The summed E-state index contributed by atoms with van der Waals surface area (Å²) in [4.78, 5) is 15.6. The molecule has 2 amide bonds. The predicted octanol–water partition coefficient (Wildman–Crippen LogP) is 1.18. The van der Waals surface area contributed by atoms with Crippen molar-refractivity contribution in [3.63, 3.8) is 0 Å². The van der Waals surface area contributed by atoms with E-state index in [1.165, 1.54) is 0 Å². The van der Waals surface area contributed by atoms with Crippen molar-refractivity contribution in [3.8, 4) is 0 Å². The molecule has 13 heavy (non-hydrogen) atoms. The molecule has 2 heterocycles. The number of nitrogens with one attached hydrogen (secondary N) is 1. The van der Waals surface area contributed by atoms with E-state index in [0.717, 1.165) is 10.4 Å². The topological polar surface area (TPSA) is 67.5 Å². The Morgan fingerprint density at radius 1 is 1.69 bits per heavy atom. The van der Waals surface area contributed by atoms with Crippen molar-refractivity contribution in [2.75, 3.05) is 0 Å². The van der Waals surface area contributed by atoms with Crippen LogP contribution in [0.3, 0.4) is 0 Å². The smallest absolute Gasteiger partial charge is 0.343 e. The van der Waals surface area contributed by atoms with Gasteiger partial charge in [0.15, 0.2) is 0 Å². The Balaban J connectivity index is 2.35. The summed E-state index contributed by atoms with van der Waals surface area (Å²) in [6, 6.07) is 1.43. The normalized spacial score (nSPS) is 21.5. The van der Waals surface area contributed by atoms with Gasteiger partial charge < -0.3 is 11.1 Å². The van der Waals surface area contributed by atoms with Crippen LogP contribution in [-0.2, 0) is 0 Å². The molecule has 0 aromatic carbocycles. The summed E-state index contributed by atoms with van der Waals surface area (Å²) in [7, 11) is 0. The van der Waals surface area contributed by atoms with Gasteiger partial charge >= 0.3 is 6.03 Å². The van der Waals surface area contributed by atoms with E-state index in [1.807, 2.05) is 18.4 Å². The van der Waals surface area contributed by atoms with Crippen LogP contribution in [0.5, 0.6) is 0 Å². The van der Waals surface area contributed by atoms with Gasteiger partial charge in [-0.05, 0) is 23.9 Å². The summed E-state index contributed by atoms with van der Waals surface area (Å²) >= 11 is 1.58. The fourth-order valence-corrected chi connectivity index (χ4v) is 2.28. The summed E-state index contributed by atoms with van der Waals surface area (Å²) in [6.07, 6.45) is 0. The van der Waals surface area contributed by atoms with Crippen LogP contribution >= 0.6 is 11.3 Å². The maximum Gasteiger partial charge on any atom is 0.343 e. The molecule has 4 nitrogen and oxygen atoms in total. The van der Waals surface area contributed by atoms with E-state index in [9.17, 15) is 4.79 Å². The lowest BCUT2D eigenvalue weighted by Crippen LogP contribution is -2.27. The van der Waals surface area contributed by atoms with Crippen molar-refractivity contribution >= 4 is 23.2 Å². The number of nitrogens with zero attached hydrogens (tertiary/aromatic N) is 1. The zero-order valence-corrected chi connectivity index (χ0v) is 7.89. The molecule has 2 rings (SSSR count). The first-order valence-electron chi connectivity index (χ1n) is 3.87. The number of aliphatic imine (C=N–C) groups is 1. The second kappa shape index (κ2) is 2.85. The van der Waals surface area contributed by atoms with Crippen LogP contribution in [0.15, 0.2) is 16.4 Å². The van der Waals surface area contributed by atoms with Gasteiger partial charge in [-0.2, -0.15) is 4.99 Å². The van der Waals surface area contributed by atoms with Crippen LogP contribution in [0.4, 0.5) is 4.79 Å². The highest BCUT2D eigenvalue weighted by Crippen LogP contribution is 2.26. The average Bonchev–Trinajstić information content (AvgIpc) is 2.58. The van der Waals surface area contributed by atoms with E-state index in [4.69, 9.17) is 5.73 Å². The highest BCUT2D eigenvalue weighted by molar-refractivity contribution is 7.10. The Kier molecular flexibility index (Phi) is 1.81. The molecule has 1 aliphatic rings. The lowest BCUT2D eigenvalue weighted by Gasteiger charge is -2.08. The second-order valence-electron chi connectivity index (χ2n) is 2.89. The Labute approximate surface area is 79.5 Å². The third-order valence-corrected chi connectivity index (χ3v) is 3.04. The lowest BCUT2D eigenvalue weighted by atomic mass is 10.1. The van der Waals surface area contributed by atoms with Gasteiger partial charge in [-0.3, -0.25) is 0 Å². The molecule has 1 atom stereocenters. The number of rotatable bonds is 1. The van der Waals surface area contributed by atoms with Gasteiger partial charge in [0.25, 0.3) is 0 Å². The number of nitrogens with two attached hydrogens (primary N) is 1. The molecule has 0 bridgehead atoms. The zero-order chi connectivity index (χ0) is 9.42. The minimum Gasteiger partial charge on any atom is -0.385 e. The van der Waals surface area contributed by atoms with E-state index in [1.54, 1.807) is 11.3 Å². The molecular formula is C8H9N3OS. The van der Waals surface area contributed by atoms with Crippen molar-refractivity contribution in [3.05, 3.63) is 21.9 Å². The van der Waals surface area contributed by atoms with Crippen LogP contribution in [0, 0.1) is 6.92 Å². The number of carbonyl (C=O) groups excluding carboxylic acids is 1. The van der Waals surface area contributed by atoms with Crippen molar-refractivity contribution < 1.29 is 4.79 Å². The van der Waals surface area contributed by atoms with Gasteiger partial charge in [-0.15, -0.1) is 11.3 Å². The van der Waals surface area contributed by atoms with Gasteiger partial charge in [0.05, 0.1) is 0 Å². The number of urea groups is 1. The van der Waals surface area contributed by atoms with Crippen LogP contribution in [0.25, 0.3) is 0 Å². The molecule has 1 aromatic heterocycles. The SMILES string of the molecule is Cc1ccsc1C1NC(=O)N=C1N. The first-order chi connectivity index (χ1) is 6.18. The monoisotopic (exact) mass is 195 g/mol. The minimum absolute atomic E-state index is 0.215. The molecule has 1 aromatic rings. The van der Waals surface area contributed by atoms with Crippen LogP contribution < -0.4 is 11.1 Å². The standard InChI is InChI=1S/C8H9N3OS/c1-4-2-3-13-6(4)5-7(9)11-8(12)10-5/h2-3,5H,1H3,(H3,9,10,11,12). The lowest BCUT2D eigenvalue weighted by molar-refractivity contribution is 0.250. The van der Waals surface area contributed by atoms with Crippen molar-refractivity contribution in [1.82, 2.24) is 5.32 Å². The number of hydrogen-bond donors (Lipinski definition) is 2. The fourth-order valence-electron chi connectivity index (χ4n) is 1.29. The summed E-state index contributed by atoms with van der Waals surface area (Å²) in [5.74, 6) is 0.357. The number of thiophene rings is 1. The maximum atomic E-state index is 10.9. The van der Waals surface area contributed by atoms with Gasteiger partial charge in [0, 0.05) is 4.88 Å². The van der Waals surface area contributed by atoms with Crippen LogP contribution in [0.2, 0.25) is 0 Å². The molecule has 5 heteroatoms. The fraction of sp³-hybridized carbons (Fsp3) is 0.250. The molecular weight excluding hydrogens is 186 g/mol. The molecule has 68 valence electrons. The van der Waals surface area contributed by atoms with Crippen molar-refractivity contribution in [2.24, 2.45) is 10.7 Å². The first-order valence-corrected chi connectivity index (χ1v) is 4.75. The molecule has 0 saturated carbocycles. The predicted molar refractivity (Wildman–Crippen MR) is 52.0 cm³/mol. The second-order valence-corrected chi connectivity index (χ2v) is 3.83. The minimum atomic E-state index is -0.352. The van der Waals surface area contributed by atoms with Crippen molar-refractivity contribution in [1.29, 1.82) is 0 Å². The maximum absolute atomic E-state index is 10.9. The molecule has 0 saturated heterocycles. The molecule has 1 unspecified atom stereocenters. The molecule has 0 radical (unpaired) electrons. The number of hydrogen-bond acceptors (Lipinski definition) is 3. The van der Waals surface area contributed by atoms with Gasteiger partial charge in [-0.25, -0.2) is 4.79 Å². The Hall–Kier alpha value is -1.36. The molecule has 0 spiro atoms. The molecule has 3 N–H and O–H groups in total. The van der Waals surface area contributed by atoms with Crippen molar-refractivity contribution in [2.45, 2.75) is 13.0 Å². The summed E-state index contributed by atoms with van der Waals surface area (Å²) in [5.41, 5.74) is 6.74. The number of amidine groups is 1. The molecule has 0 fully saturated rings. The van der Waals surface area contributed by atoms with Gasteiger partial charge in [-0.1, -0.05) is 0 Å². The third kappa shape index (κ3) is 1.31. The highest BCUT2D eigenvalue weighted by Gasteiger charge is 2.26. The first kappa shape index (κ1) is 8.25. The molecule has 0 aliphatic carbocycles. The number of amides is 2.